The highest BCUT2D eigenvalue weighted by atomic mass is 32.4. The molecule has 0 aliphatic carbocycles. The molecular formula is C9H3AlF12O8S4. The second-order valence-electron chi connectivity index (χ2n) is 5.88. The van der Waals surface area contributed by atoms with Crippen molar-refractivity contribution in [1.82, 2.24) is 0 Å². The zero-order valence-corrected chi connectivity index (χ0v) is 19.2. The monoisotopic (exact) mass is 622 g/mol. The lowest BCUT2D eigenvalue weighted by Crippen LogP contribution is -2.56. The largest absolute Gasteiger partial charge is 0.544 e. The summed E-state index contributed by atoms with van der Waals surface area (Å²) in [6.07, 6.45) is -2.73. The van der Waals surface area contributed by atoms with Crippen LogP contribution in [0.25, 0.3) is 0 Å². The maximum absolute atomic E-state index is 13.0. The molecule has 0 fully saturated rings. The Morgan fingerprint density at radius 1 is 0.588 bits per heavy atom. The summed E-state index contributed by atoms with van der Waals surface area (Å²) in [6.45, 7) is 0. The maximum Gasteiger partial charge on any atom is 0.544 e. The summed E-state index contributed by atoms with van der Waals surface area (Å²) < 4.78 is 240. The van der Waals surface area contributed by atoms with E-state index in [4.69, 9.17) is 0 Å². The van der Waals surface area contributed by atoms with E-state index in [0.29, 0.717) is 0 Å². The van der Waals surface area contributed by atoms with Crippen LogP contribution in [0.5, 0.6) is 0 Å². The smallest absolute Gasteiger partial charge is 0.243 e. The first kappa shape index (κ1) is 31.0. The van der Waals surface area contributed by atoms with Gasteiger partial charge in [0, 0.05) is 3.77 Å². The Kier molecular flexibility index (Phi) is 7.52. The molecule has 1 aliphatic rings. The van der Waals surface area contributed by atoms with Crippen LogP contribution in [-0.2, 0) is 37.7 Å². The summed E-state index contributed by atoms with van der Waals surface area (Å²) in [7, 11) is -30.0. The van der Waals surface area contributed by atoms with Crippen LogP contribution in [0.3, 0.4) is 0 Å². The molecule has 34 heavy (non-hydrogen) atoms. The third kappa shape index (κ3) is 4.95. The highest BCUT2D eigenvalue weighted by Gasteiger charge is 2.71. The second-order valence-corrected chi connectivity index (χ2v) is 19.9. The Balaban J connectivity index is 4.44. The van der Waals surface area contributed by atoms with Gasteiger partial charge in [-0.05, 0) is 6.08 Å². The van der Waals surface area contributed by atoms with E-state index in [1.54, 1.807) is 0 Å². The highest BCUT2D eigenvalue weighted by molar-refractivity contribution is 8.25. The fourth-order valence-corrected chi connectivity index (χ4v) is 19.4. The van der Waals surface area contributed by atoms with Gasteiger partial charge in [0.1, 0.15) is 0 Å². The second kappa shape index (κ2) is 8.25. The molecule has 1 unspecified atom stereocenters. The minimum Gasteiger partial charge on any atom is -0.243 e. The van der Waals surface area contributed by atoms with Crippen LogP contribution in [0.1, 0.15) is 0 Å². The maximum atomic E-state index is 13.0. The van der Waals surface area contributed by atoms with E-state index < -0.39 is 97.7 Å². The highest BCUT2D eigenvalue weighted by Crippen LogP contribution is 2.45. The van der Waals surface area contributed by atoms with E-state index >= 15 is 0 Å². The number of rotatable bonds is 4. The summed E-state index contributed by atoms with van der Waals surface area (Å²) >= 11 is -6.92. The SMILES string of the molecule is O=S(=O)(C1=C[CH](S(=O)(=O)C(F)(F)F)[Al]([S](=O)(=O)C(F)(F)F)[C](S(=O)(=O)C(F)(F)F)=C1)C(F)(F)F. The zero-order chi connectivity index (χ0) is 27.7. The van der Waals surface area contributed by atoms with Crippen molar-refractivity contribution >= 4 is 50.7 Å². The van der Waals surface area contributed by atoms with Gasteiger partial charge in [0.15, 0.2) is 8.20 Å². The molecule has 0 amide bonds. The van der Waals surface area contributed by atoms with Gasteiger partial charge < -0.3 is 0 Å². The van der Waals surface area contributed by atoms with Crippen molar-refractivity contribution in [1.29, 1.82) is 0 Å². The molecule has 0 radical (unpaired) electrons. The molecule has 0 aromatic carbocycles. The van der Waals surface area contributed by atoms with Crippen LogP contribution in [0.2, 0.25) is 0 Å². The lowest BCUT2D eigenvalue weighted by molar-refractivity contribution is -0.0442. The van der Waals surface area contributed by atoms with Gasteiger partial charge in [-0.2, -0.15) is 52.7 Å². The Labute approximate surface area is 184 Å². The van der Waals surface area contributed by atoms with Gasteiger partial charge >= 0.3 is 35.0 Å². The molecule has 0 bridgehead atoms. The molecule has 1 rings (SSSR count). The fraction of sp³-hybridized carbons (Fsp3) is 0.556. The molecule has 0 saturated heterocycles. The standard InChI is InChI=1S/C8H3F9O6S3.CF3O2S.Al/c9-6(10,11)24(18,19)3-1-5(26(22,23)8(15,16)17)2-4-25(20,21)7(12,13)14;2-1(3,4)7(5)6;/h1-3H;;. The average Bonchev–Trinajstić information content (AvgIpc) is 2.56. The van der Waals surface area contributed by atoms with Crippen molar-refractivity contribution in [2.24, 2.45) is 0 Å². The summed E-state index contributed by atoms with van der Waals surface area (Å²) in [4.78, 5) is -2.97. The van der Waals surface area contributed by atoms with Crippen LogP contribution in [0.15, 0.2) is 20.8 Å². The topological polar surface area (TPSA) is 137 Å². The number of sulfone groups is 3. The first-order chi connectivity index (χ1) is 14.5. The minimum absolute atomic E-state index is 1.33. The van der Waals surface area contributed by atoms with Gasteiger partial charge in [0.2, 0.25) is 9.84 Å². The molecule has 8 nitrogen and oxygen atoms in total. The predicted molar refractivity (Wildman–Crippen MR) is 85.6 cm³/mol. The van der Waals surface area contributed by atoms with Crippen molar-refractivity contribution in [2.45, 2.75) is 26.1 Å². The van der Waals surface area contributed by atoms with Crippen LogP contribution in [0, 0.1) is 0 Å². The first-order valence-electron chi connectivity index (χ1n) is 7.12. The van der Waals surface area contributed by atoms with Gasteiger partial charge in [-0.15, -0.1) is 0 Å². The van der Waals surface area contributed by atoms with E-state index in [9.17, 15) is 86.4 Å². The molecule has 0 aromatic rings. The van der Waals surface area contributed by atoms with E-state index in [1.165, 1.54) is 0 Å². The van der Waals surface area contributed by atoms with Gasteiger partial charge in [0.05, 0.1) is 9.02 Å². The van der Waals surface area contributed by atoms with Crippen LogP contribution in [-0.4, -0.2) is 72.8 Å². The number of allylic oxidation sites excluding steroid dienone is 1. The molecule has 198 valence electrons. The van der Waals surface area contributed by atoms with Crippen LogP contribution >= 0.6 is 0 Å². The molecule has 1 aliphatic heterocycles. The third-order valence-electron chi connectivity index (χ3n) is 3.76. The van der Waals surface area contributed by atoms with Crippen molar-refractivity contribution in [3.63, 3.8) is 0 Å². The third-order valence-corrected chi connectivity index (χ3v) is 19.9. The molecular weight excluding hydrogens is 619 g/mol. The molecule has 0 spiro atoms. The Morgan fingerprint density at radius 3 is 1.26 bits per heavy atom. The number of hydrogen-bond donors (Lipinski definition) is 0. The normalized spacial score (nSPS) is 20.1. The van der Waals surface area contributed by atoms with Crippen LogP contribution in [0.4, 0.5) is 52.7 Å². The Hall–Kier alpha value is -1.03. The Morgan fingerprint density at radius 2 is 0.971 bits per heavy atom. The summed E-state index contributed by atoms with van der Waals surface area (Å²) in [5.74, 6) is 0. The molecule has 1 atom stereocenters. The van der Waals surface area contributed by atoms with E-state index in [0.717, 1.165) is 0 Å². The average molecular weight is 622 g/mol. The summed E-state index contributed by atoms with van der Waals surface area (Å²) in [6, 6.07) is 0. The lowest BCUT2D eigenvalue weighted by atomic mass is 10.5. The number of halogens is 12. The number of hydrogen-bond acceptors (Lipinski definition) is 8. The van der Waals surface area contributed by atoms with Gasteiger partial charge in [-0.1, -0.05) is 6.08 Å². The van der Waals surface area contributed by atoms with Gasteiger partial charge in [0.25, 0.3) is 19.7 Å². The van der Waals surface area contributed by atoms with E-state index in [-0.39, 0.29) is 0 Å². The molecule has 0 saturated carbocycles. The Bertz CT molecular complexity index is 1340. The molecule has 1 heterocycles. The van der Waals surface area contributed by atoms with Crippen molar-refractivity contribution < 1.29 is 86.4 Å². The van der Waals surface area contributed by atoms with E-state index in [2.05, 4.69) is 0 Å². The zero-order valence-electron chi connectivity index (χ0n) is 14.7. The predicted octanol–water partition coefficient (Wildman–Crippen LogP) is 1.94. The first-order valence-corrected chi connectivity index (χ1v) is 15.8. The van der Waals surface area contributed by atoms with Gasteiger partial charge in [-0.3, -0.25) is 0 Å². The molecule has 0 N–H and O–H groups in total. The van der Waals surface area contributed by atoms with Crippen molar-refractivity contribution in [3.8, 4) is 0 Å². The summed E-state index contributed by atoms with van der Waals surface area (Å²) in [5, 5.41) is 0. The van der Waals surface area contributed by atoms with Crippen molar-refractivity contribution in [2.75, 3.05) is 0 Å². The van der Waals surface area contributed by atoms with E-state index in [1.807, 2.05) is 0 Å². The molecule has 25 heteroatoms. The fourth-order valence-electron chi connectivity index (χ4n) is 2.23. The quantitative estimate of drug-likeness (QED) is 0.343. The van der Waals surface area contributed by atoms with Gasteiger partial charge in [-0.25, -0.2) is 33.7 Å². The summed E-state index contributed by atoms with van der Waals surface area (Å²) in [5.41, 5.74) is -27.4. The lowest BCUT2D eigenvalue weighted by Gasteiger charge is -2.28. The number of alkyl halides is 12. The van der Waals surface area contributed by atoms with Crippen LogP contribution < -0.4 is 0 Å². The molecule has 0 aromatic heterocycles. The minimum atomic E-state index is -7.63. The van der Waals surface area contributed by atoms with Crippen molar-refractivity contribution in [3.05, 3.63) is 20.8 Å².